The molecule has 1 aromatic heterocycles. The smallest absolute Gasteiger partial charge is 0.335 e. The van der Waals surface area contributed by atoms with Crippen LogP contribution in [0, 0.1) is 25.7 Å². The molecule has 1 fully saturated rings. The van der Waals surface area contributed by atoms with E-state index in [0.717, 1.165) is 42.7 Å². The molecule has 0 spiro atoms. The van der Waals surface area contributed by atoms with Crippen LogP contribution in [-0.2, 0) is 20.9 Å². The van der Waals surface area contributed by atoms with Crippen molar-refractivity contribution in [1.82, 2.24) is 4.98 Å². The zero-order valence-electron chi connectivity index (χ0n) is 19.1. The highest BCUT2D eigenvalue weighted by atomic mass is 16.5. The number of rotatable bonds is 10. The first-order valence-corrected chi connectivity index (χ1v) is 11.3. The Morgan fingerprint density at radius 3 is 2.52 bits per heavy atom. The largest absolute Gasteiger partial charge is 0.479 e. The van der Waals surface area contributed by atoms with E-state index in [1.54, 1.807) is 6.92 Å². The van der Waals surface area contributed by atoms with Crippen molar-refractivity contribution >= 4 is 5.97 Å². The summed E-state index contributed by atoms with van der Waals surface area (Å²) < 4.78 is 17.6. The zero-order chi connectivity index (χ0) is 22.4. The molecule has 170 valence electrons. The number of hydrogen-bond donors (Lipinski definition) is 1. The lowest BCUT2D eigenvalue weighted by Crippen LogP contribution is -2.39. The molecule has 0 saturated heterocycles. The number of carboxylic acids is 1. The highest BCUT2D eigenvalue weighted by Gasteiger charge is 2.33. The Morgan fingerprint density at radius 1 is 1.19 bits per heavy atom. The molecule has 1 aromatic carbocycles. The summed E-state index contributed by atoms with van der Waals surface area (Å²) in [4.78, 5) is 16.1. The number of benzene rings is 1. The second-order valence-electron chi connectivity index (χ2n) is 9.00. The summed E-state index contributed by atoms with van der Waals surface area (Å²) in [5.74, 6) is 1.37. The van der Waals surface area contributed by atoms with Gasteiger partial charge in [-0.1, -0.05) is 31.0 Å². The maximum absolute atomic E-state index is 11.4. The van der Waals surface area contributed by atoms with Crippen molar-refractivity contribution in [2.24, 2.45) is 11.8 Å². The van der Waals surface area contributed by atoms with Crippen molar-refractivity contribution in [2.75, 3.05) is 13.2 Å². The van der Waals surface area contributed by atoms with E-state index in [4.69, 9.17) is 13.9 Å². The Kier molecular flexibility index (Phi) is 7.89. The molecule has 1 saturated carbocycles. The second kappa shape index (κ2) is 10.4. The molecule has 3 rings (SSSR count). The molecule has 0 radical (unpaired) electrons. The summed E-state index contributed by atoms with van der Waals surface area (Å²) in [6.45, 7) is 9.09. The average Bonchev–Trinajstić information content (AvgIpc) is 3.13. The van der Waals surface area contributed by atoms with Crippen molar-refractivity contribution in [1.29, 1.82) is 0 Å². The molecule has 31 heavy (non-hydrogen) atoms. The summed E-state index contributed by atoms with van der Waals surface area (Å²) in [6, 6.07) is 8.13. The van der Waals surface area contributed by atoms with Gasteiger partial charge in [0.2, 0.25) is 5.89 Å². The van der Waals surface area contributed by atoms with Gasteiger partial charge < -0.3 is 19.0 Å². The zero-order valence-corrected chi connectivity index (χ0v) is 19.1. The van der Waals surface area contributed by atoms with Gasteiger partial charge in [-0.15, -0.1) is 0 Å². The van der Waals surface area contributed by atoms with Crippen molar-refractivity contribution in [2.45, 2.75) is 72.0 Å². The van der Waals surface area contributed by atoms with E-state index in [2.05, 4.69) is 11.9 Å². The van der Waals surface area contributed by atoms with Gasteiger partial charge in [0.05, 0.1) is 13.2 Å². The summed E-state index contributed by atoms with van der Waals surface area (Å²) in [5.41, 5.74) is 1.92. The minimum absolute atomic E-state index is 0.384. The average molecular weight is 430 g/mol. The van der Waals surface area contributed by atoms with Crippen molar-refractivity contribution in [3.63, 3.8) is 0 Å². The first-order chi connectivity index (χ1) is 14.8. The lowest BCUT2D eigenvalue weighted by Gasteiger charge is -2.32. The first kappa shape index (κ1) is 23.5. The molecule has 0 bridgehead atoms. The maximum Gasteiger partial charge on any atom is 0.335 e. The van der Waals surface area contributed by atoms with Gasteiger partial charge in [0.1, 0.15) is 11.5 Å². The van der Waals surface area contributed by atoms with Gasteiger partial charge in [0, 0.05) is 12.2 Å². The molecule has 2 aromatic rings. The topological polar surface area (TPSA) is 81.8 Å². The molecule has 6 heteroatoms. The lowest BCUT2D eigenvalue weighted by molar-refractivity contribution is -0.166. The molecule has 0 amide bonds. The number of oxazole rings is 1. The fraction of sp³-hybridized carbons (Fsp3) is 0.600. The SMILES string of the molecule is CCC(C)(OC[C@H]1CCC[C@@H](COCc2nc(-c3ccc(C)cc3)oc2C)C1)C(=O)O. The molecule has 0 aliphatic heterocycles. The van der Waals surface area contributed by atoms with Crippen LogP contribution in [0.2, 0.25) is 0 Å². The van der Waals surface area contributed by atoms with Crippen LogP contribution in [0.1, 0.15) is 63.0 Å². The molecule has 1 unspecified atom stereocenters. The number of carboxylic acid groups (broad SMARTS) is 1. The van der Waals surface area contributed by atoms with Crippen molar-refractivity contribution in [3.05, 3.63) is 41.3 Å². The molecule has 6 nitrogen and oxygen atoms in total. The van der Waals surface area contributed by atoms with E-state index in [1.807, 2.05) is 38.1 Å². The summed E-state index contributed by atoms with van der Waals surface area (Å²) in [6.07, 6.45) is 4.80. The standard InChI is InChI=1S/C25H35NO5/c1-5-25(4,24(27)28)30-15-20-8-6-7-19(13-20)14-29-16-22-18(3)31-23(26-22)21-11-9-17(2)10-12-21/h9-12,19-20H,5-8,13-16H2,1-4H3,(H,27,28)/t19-,20+,25?/m1/s1. The van der Waals surface area contributed by atoms with Crippen LogP contribution < -0.4 is 0 Å². The number of nitrogens with zero attached hydrogens (tertiary/aromatic N) is 1. The quantitative estimate of drug-likeness (QED) is 0.533. The number of aromatic nitrogens is 1. The van der Waals surface area contributed by atoms with Crippen molar-refractivity contribution < 1.29 is 23.8 Å². The summed E-state index contributed by atoms with van der Waals surface area (Å²) in [5, 5.41) is 9.39. The highest BCUT2D eigenvalue weighted by molar-refractivity contribution is 5.76. The van der Waals surface area contributed by atoms with Crippen molar-refractivity contribution in [3.8, 4) is 11.5 Å². The number of aliphatic carboxylic acids is 1. The van der Waals surface area contributed by atoms with Gasteiger partial charge in [0.25, 0.3) is 0 Å². The van der Waals surface area contributed by atoms with Crippen LogP contribution in [0.5, 0.6) is 0 Å². The Bertz CT molecular complexity index is 859. The van der Waals surface area contributed by atoms with Crippen LogP contribution in [0.3, 0.4) is 0 Å². The monoisotopic (exact) mass is 429 g/mol. The third-order valence-corrected chi connectivity index (χ3v) is 6.44. The van der Waals surface area contributed by atoms with Crippen LogP contribution in [-0.4, -0.2) is 34.9 Å². The Balaban J connectivity index is 1.47. The van der Waals surface area contributed by atoms with Gasteiger partial charge in [-0.2, -0.15) is 0 Å². The second-order valence-corrected chi connectivity index (χ2v) is 9.00. The third kappa shape index (κ3) is 6.17. The molecule has 1 heterocycles. The molecular weight excluding hydrogens is 394 g/mol. The Morgan fingerprint density at radius 2 is 1.87 bits per heavy atom. The van der Waals surface area contributed by atoms with Gasteiger partial charge in [0.15, 0.2) is 5.60 Å². The minimum Gasteiger partial charge on any atom is -0.479 e. The highest BCUT2D eigenvalue weighted by Crippen LogP contribution is 2.31. The minimum atomic E-state index is -1.09. The predicted molar refractivity (Wildman–Crippen MR) is 119 cm³/mol. The Hall–Kier alpha value is -2.18. The molecular formula is C25H35NO5. The van der Waals surface area contributed by atoms with Gasteiger partial charge in [-0.05, 0) is 70.4 Å². The van der Waals surface area contributed by atoms with E-state index in [0.29, 0.717) is 44.0 Å². The third-order valence-electron chi connectivity index (χ3n) is 6.44. The summed E-state index contributed by atoms with van der Waals surface area (Å²) in [7, 11) is 0. The van der Waals surface area contributed by atoms with Gasteiger partial charge in [-0.25, -0.2) is 9.78 Å². The lowest BCUT2D eigenvalue weighted by atomic mass is 9.82. The summed E-state index contributed by atoms with van der Waals surface area (Å²) >= 11 is 0. The molecule has 3 atom stereocenters. The molecule has 1 aliphatic rings. The molecule has 1 aliphatic carbocycles. The van der Waals surface area contributed by atoms with Gasteiger partial charge in [-0.3, -0.25) is 0 Å². The normalized spacial score (nSPS) is 21.0. The van der Waals surface area contributed by atoms with E-state index in [9.17, 15) is 9.90 Å². The number of hydrogen-bond acceptors (Lipinski definition) is 5. The van der Waals surface area contributed by atoms with E-state index in [-0.39, 0.29) is 0 Å². The Labute approximate surface area is 185 Å². The first-order valence-electron chi connectivity index (χ1n) is 11.3. The fourth-order valence-electron chi connectivity index (χ4n) is 4.03. The van der Waals surface area contributed by atoms with E-state index >= 15 is 0 Å². The number of ether oxygens (including phenoxy) is 2. The fourth-order valence-corrected chi connectivity index (χ4v) is 4.03. The van der Waals surface area contributed by atoms with Crippen LogP contribution in [0.4, 0.5) is 0 Å². The number of carbonyl (C=O) groups is 1. The molecule has 1 N–H and O–H groups in total. The van der Waals surface area contributed by atoms with Crippen LogP contribution >= 0.6 is 0 Å². The van der Waals surface area contributed by atoms with E-state index in [1.165, 1.54) is 5.56 Å². The predicted octanol–water partition coefficient (Wildman–Crippen LogP) is 5.55. The number of aryl methyl sites for hydroxylation is 2. The van der Waals surface area contributed by atoms with Crippen LogP contribution in [0.15, 0.2) is 28.7 Å². The van der Waals surface area contributed by atoms with Crippen LogP contribution in [0.25, 0.3) is 11.5 Å². The van der Waals surface area contributed by atoms with Gasteiger partial charge >= 0.3 is 5.97 Å². The van der Waals surface area contributed by atoms with E-state index < -0.39 is 11.6 Å². The maximum atomic E-state index is 11.4.